The highest BCUT2D eigenvalue weighted by molar-refractivity contribution is 8.14. The molecule has 1 amide bonds. The van der Waals surface area contributed by atoms with Gasteiger partial charge in [-0.05, 0) is 36.4 Å². The highest BCUT2D eigenvalue weighted by Crippen LogP contribution is 2.32. The molecule has 144 valence electrons. The van der Waals surface area contributed by atoms with E-state index in [1.807, 2.05) is 6.07 Å². The highest BCUT2D eigenvalue weighted by Gasteiger charge is 2.30. The van der Waals surface area contributed by atoms with Crippen LogP contribution >= 0.6 is 11.8 Å². The first-order valence-electron chi connectivity index (χ1n) is 8.17. The van der Waals surface area contributed by atoms with Gasteiger partial charge in [0.2, 0.25) is 0 Å². The van der Waals surface area contributed by atoms with Crippen molar-refractivity contribution in [1.29, 1.82) is 0 Å². The zero-order chi connectivity index (χ0) is 19.7. The number of anilines is 1. The highest BCUT2D eigenvalue weighted by atomic mass is 32.2. The second-order valence-corrected chi connectivity index (χ2v) is 6.94. The number of fused-ring (bicyclic) bond motifs is 1. The van der Waals surface area contributed by atoms with Crippen LogP contribution in [0.1, 0.15) is 11.1 Å². The molecule has 0 aliphatic carbocycles. The van der Waals surface area contributed by atoms with Gasteiger partial charge in [0.1, 0.15) is 5.75 Å². The molecule has 0 unspecified atom stereocenters. The average Bonchev–Trinajstić information content (AvgIpc) is 2.67. The number of halogens is 3. The third kappa shape index (κ3) is 3.96. The molecule has 2 aliphatic heterocycles. The van der Waals surface area contributed by atoms with Crippen molar-refractivity contribution in [2.24, 2.45) is 10.1 Å². The third-order valence-electron chi connectivity index (χ3n) is 3.98. The van der Waals surface area contributed by atoms with Gasteiger partial charge in [-0.25, -0.2) is 4.99 Å². The van der Waals surface area contributed by atoms with Crippen LogP contribution in [0, 0.1) is 0 Å². The number of thioether (sulfide) groups is 1. The number of hydrogen-bond acceptors (Lipinski definition) is 5. The molecule has 0 atom stereocenters. The van der Waals surface area contributed by atoms with Crippen LogP contribution in [0.5, 0.6) is 5.75 Å². The van der Waals surface area contributed by atoms with Crippen molar-refractivity contribution in [3.8, 4) is 5.75 Å². The Balaban J connectivity index is 1.52. The normalized spacial score (nSPS) is 17.9. The molecule has 2 N–H and O–H groups in total. The Morgan fingerprint density at radius 1 is 1.18 bits per heavy atom. The van der Waals surface area contributed by atoms with Crippen molar-refractivity contribution in [3.05, 3.63) is 53.6 Å². The second-order valence-electron chi connectivity index (χ2n) is 5.97. The van der Waals surface area contributed by atoms with Gasteiger partial charge in [-0.2, -0.15) is 18.3 Å². The second kappa shape index (κ2) is 7.19. The number of hydrazone groups is 1. The smallest absolute Gasteiger partial charge is 0.416 e. The van der Waals surface area contributed by atoms with Gasteiger partial charge in [0.05, 0.1) is 22.6 Å². The van der Waals surface area contributed by atoms with Gasteiger partial charge in [-0.1, -0.05) is 17.8 Å². The molecule has 28 heavy (non-hydrogen) atoms. The molecule has 0 radical (unpaired) electrons. The fourth-order valence-electron chi connectivity index (χ4n) is 2.65. The summed E-state index contributed by atoms with van der Waals surface area (Å²) in [6.45, 7) is -0.0138. The number of nitrogens with zero attached hydrogens (tertiary/aromatic N) is 2. The summed E-state index contributed by atoms with van der Waals surface area (Å²) in [6, 6.07) is 10.1. The quantitative estimate of drug-likeness (QED) is 0.796. The van der Waals surface area contributed by atoms with Crippen LogP contribution < -0.4 is 15.5 Å². The Morgan fingerprint density at radius 3 is 2.79 bits per heavy atom. The maximum atomic E-state index is 12.8. The molecule has 10 heteroatoms. The number of amidine groups is 1. The minimum absolute atomic E-state index is 0.0138. The molecule has 0 saturated heterocycles. The number of hydrogen-bond donors (Lipinski definition) is 2. The number of carbonyl (C=O) groups is 1. The van der Waals surface area contributed by atoms with E-state index in [1.54, 1.807) is 12.1 Å². The first-order chi connectivity index (χ1) is 13.4. The van der Waals surface area contributed by atoms with Crippen LogP contribution in [0.15, 0.2) is 52.6 Å². The van der Waals surface area contributed by atoms with E-state index in [-0.39, 0.29) is 18.2 Å². The Labute approximate surface area is 161 Å². The summed E-state index contributed by atoms with van der Waals surface area (Å²) in [5.74, 6) is 0.837. The maximum Gasteiger partial charge on any atom is 0.416 e. The topological polar surface area (TPSA) is 75.1 Å². The van der Waals surface area contributed by atoms with Gasteiger partial charge in [-0.3, -0.25) is 10.2 Å². The molecule has 0 bridgehead atoms. The number of alkyl halides is 3. The van der Waals surface area contributed by atoms with Crippen LogP contribution in [-0.4, -0.2) is 29.1 Å². The zero-order valence-corrected chi connectivity index (χ0v) is 15.0. The van der Waals surface area contributed by atoms with E-state index in [2.05, 4.69) is 20.8 Å². The fourth-order valence-corrected chi connectivity index (χ4v) is 3.44. The molecule has 6 nitrogen and oxygen atoms in total. The molecule has 4 rings (SSSR count). The summed E-state index contributed by atoms with van der Waals surface area (Å²) in [4.78, 5) is 15.6. The Kier molecular flexibility index (Phi) is 4.71. The van der Waals surface area contributed by atoms with E-state index in [0.29, 0.717) is 22.4 Å². The molecule has 2 aromatic rings. The first kappa shape index (κ1) is 18.4. The third-order valence-corrected chi connectivity index (χ3v) is 4.86. The van der Waals surface area contributed by atoms with Gasteiger partial charge >= 0.3 is 6.18 Å². The van der Waals surface area contributed by atoms with E-state index in [9.17, 15) is 18.0 Å². The van der Waals surface area contributed by atoms with Gasteiger partial charge in [0.15, 0.2) is 11.8 Å². The summed E-state index contributed by atoms with van der Waals surface area (Å²) in [7, 11) is 0. The Bertz CT molecular complexity index is 1000. The number of benzene rings is 2. The number of carbonyl (C=O) groups excluding carboxylic acids is 1. The standard InChI is InChI=1S/C18H13F3N4O2S/c19-18(20,21)11-2-1-3-12(7-11)22-17-25-24-14(9-28-17)10-4-5-15-13(6-10)23-16(26)8-27-15/h1-7H,8-9H2,(H,22,25)(H,23,26). The fraction of sp³-hybridized carbons (Fsp3) is 0.167. The van der Waals surface area contributed by atoms with E-state index in [0.717, 1.165) is 23.4 Å². The maximum absolute atomic E-state index is 12.8. The van der Waals surface area contributed by atoms with Crippen molar-refractivity contribution in [2.75, 3.05) is 17.7 Å². The molecular weight excluding hydrogens is 393 g/mol. The van der Waals surface area contributed by atoms with Crippen LogP contribution in [-0.2, 0) is 11.0 Å². The molecule has 2 aliphatic rings. The molecule has 0 aromatic heterocycles. The lowest BCUT2D eigenvalue weighted by atomic mass is 10.1. The molecule has 2 aromatic carbocycles. The molecule has 0 fully saturated rings. The summed E-state index contributed by atoms with van der Waals surface area (Å²) in [5.41, 5.74) is 4.29. The summed E-state index contributed by atoms with van der Waals surface area (Å²) in [5, 5.41) is 7.39. The van der Waals surface area contributed by atoms with E-state index >= 15 is 0 Å². The van der Waals surface area contributed by atoms with Crippen molar-refractivity contribution in [2.45, 2.75) is 6.18 Å². The van der Waals surface area contributed by atoms with Gasteiger partial charge in [0.25, 0.3) is 5.91 Å². The number of ether oxygens (including phenoxy) is 1. The lowest BCUT2D eigenvalue weighted by Gasteiger charge is -2.20. The van der Waals surface area contributed by atoms with E-state index in [4.69, 9.17) is 4.74 Å². The number of rotatable bonds is 2. The minimum Gasteiger partial charge on any atom is -0.482 e. The minimum atomic E-state index is -4.42. The van der Waals surface area contributed by atoms with Gasteiger partial charge in [0, 0.05) is 11.3 Å². The summed E-state index contributed by atoms with van der Waals surface area (Å²) in [6.07, 6.45) is -4.42. The molecule has 0 spiro atoms. The molecule has 2 heterocycles. The number of amides is 1. The summed E-state index contributed by atoms with van der Waals surface area (Å²) >= 11 is 1.32. The number of aliphatic imine (C=N–C) groups is 1. The Hall–Kier alpha value is -3.01. The summed E-state index contributed by atoms with van der Waals surface area (Å²) < 4.78 is 43.7. The van der Waals surface area contributed by atoms with E-state index < -0.39 is 11.7 Å². The predicted molar refractivity (Wildman–Crippen MR) is 101 cm³/mol. The van der Waals surface area contributed by atoms with Crippen LogP contribution in [0.3, 0.4) is 0 Å². The zero-order valence-electron chi connectivity index (χ0n) is 14.2. The van der Waals surface area contributed by atoms with Crippen molar-refractivity contribution >= 4 is 39.9 Å². The van der Waals surface area contributed by atoms with Crippen molar-refractivity contribution in [1.82, 2.24) is 5.43 Å². The predicted octanol–water partition coefficient (Wildman–Crippen LogP) is 3.76. The van der Waals surface area contributed by atoms with Gasteiger partial charge in [-0.15, -0.1) is 0 Å². The largest absolute Gasteiger partial charge is 0.482 e. The number of nitrogens with one attached hydrogen (secondary N) is 2. The van der Waals surface area contributed by atoms with Crippen LogP contribution in [0.25, 0.3) is 0 Å². The molecule has 0 saturated carbocycles. The van der Waals surface area contributed by atoms with Crippen LogP contribution in [0.2, 0.25) is 0 Å². The molecular formula is C18H13F3N4O2S. The van der Waals surface area contributed by atoms with Gasteiger partial charge < -0.3 is 10.1 Å². The van der Waals surface area contributed by atoms with E-state index in [1.165, 1.54) is 23.9 Å². The average molecular weight is 406 g/mol. The van der Waals surface area contributed by atoms with Crippen molar-refractivity contribution < 1.29 is 22.7 Å². The lowest BCUT2D eigenvalue weighted by molar-refractivity contribution is -0.137. The monoisotopic (exact) mass is 406 g/mol. The van der Waals surface area contributed by atoms with Crippen LogP contribution in [0.4, 0.5) is 24.5 Å². The Morgan fingerprint density at radius 2 is 2.04 bits per heavy atom. The SMILES string of the molecule is O=C1COc2ccc(C3=NNC(=Nc4cccc(C(F)(F)F)c4)SC3)cc2N1. The first-order valence-corrected chi connectivity index (χ1v) is 9.15. The van der Waals surface area contributed by atoms with Crippen molar-refractivity contribution in [3.63, 3.8) is 0 Å². The lowest BCUT2D eigenvalue weighted by Crippen LogP contribution is -2.27.